The van der Waals surface area contributed by atoms with Gasteiger partial charge in [0.25, 0.3) is 0 Å². The summed E-state index contributed by atoms with van der Waals surface area (Å²) in [5, 5.41) is 11.3. The Kier molecular flexibility index (Phi) is 3.88. The summed E-state index contributed by atoms with van der Waals surface area (Å²) >= 11 is 0. The number of aliphatic carboxylic acids is 1. The van der Waals surface area contributed by atoms with E-state index in [0.29, 0.717) is 6.04 Å². The van der Waals surface area contributed by atoms with Crippen LogP contribution in [-0.4, -0.2) is 35.7 Å². The molecule has 0 bridgehead atoms. The van der Waals surface area contributed by atoms with Crippen LogP contribution < -0.4 is 5.32 Å². The van der Waals surface area contributed by atoms with Gasteiger partial charge in [0.1, 0.15) is 0 Å². The molecule has 1 saturated carbocycles. The van der Waals surface area contributed by atoms with E-state index >= 15 is 0 Å². The summed E-state index contributed by atoms with van der Waals surface area (Å²) in [6, 6.07) is 0.347. The monoisotopic (exact) mass is 201 g/mol. The number of carbonyl (C=O) groups is 2. The molecule has 1 fully saturated rings. The Morgan fingerprint density at radius 1 is 1.57 bits per heavy atom. The Labute approximate surface area is 82.4 Å². The maximum absolute atomic E-state index is 11.1. The zero-order chi connectivity index (χ0) is 10.6. The number of carboxylic acids is 1. The minimum Gasteiger partial charge on any atom is -0.479 e. The van der Waals surface area contributed by atoms with Crippen LogP contribution in [0.3, 0.4) is 0 Å². The van der Waals surface area contributed by atoms with Gasteiger partial charge in [0.15, 0.2) is 6.10 Å². The first-order valence-corrected chi connectivity index (χ1v) is 4.73. The van der Waals surface area contributed by atoms with Crippen molar-refractivity contribution >= 4 is 11.9 Å². The van der Waals surface area contributed by atoms with Crippen LogP contribution in [0.4, 0.5) is 0 Å². The van der Waals surface area contributed by atoms with Gasteiger partial charge in [-0.25, -0.2) is 4.79 Å². The summed E-state index contributed by atoms with van der Waals surface area (Å²) in [5.41, 5.74) is 0. The van der Waals surface area contributed by atoms with Gasteiger partial charge < -0.3 is 15.2 Å². The first-order chi connectivity index (χ1) is 6.59. The SMILES string of the molecule is CC(OCCC(=O)NC1CC1)C(=O)O. The van der Waals surface area contributed by atoms with Gasteiger partial charge >= 0.3 is 5.97 Å². The Hall–Kier alpha value is -1.10. The molecule has 1 aliphatic rings. The standard InChI is InChI=1S/C9H15NO4/c1-6(9(12)13)14-5-4-8(11)10-7-2-3-7/h6-7H,2-5H2,1H3,(H,10,11)(H,12,13). The summed E-state index contributed by atoms with van der Waals surface area (Å²) in [6.07, 6.45) is 1.49. The number of carboxylic acid groups (broad SMARTS) is 1. The van der Waals surface area contributed by atoms with E-state index in [1.807, 2.05) is 0 Å². The van der Waals surface area contributed by atoms with Crippen LogP contribution in [-0.2, 0) is 14.3 Å². The lowest BCUT2D eigenvalue weighted by molar-refractivity contribution is -0.149. The van der Waals surface area contributed by atoms with E-state index in [2.05, 4.69) is 5.32 Å². The Morgan fingerprint density at radius 3 is 2.71 bits per heavy atom. The van der Waals surface area contributed by atoms with Crippen LogP contribution in [0.25, 0.3) is 0 Å². The minimum absolute atomic E-state index is 0.0647. The maximum Gasteiger partial charge on any atom is 0.332 e. The van der Waals surface area contributed by atoms with Gasteiger partial charge in [-0.2, -0.15) is 0 Å². The summed E-state index contributed by atoms with van der Waals surface area (Å²) in [4.78, 5) is 21.4. The third-order valence-electron chi connectivity index (χ3n) is 1.99. The zero-order valence-corrected chi connectivity index (χ0v) is 8.16. The summed E-state index contributed by atoms with van der Waals surface area (Å²) in [5.74, 6) is -1.07. The molecule has 1 amide bonds. The molecule has 0 aromatic carbocycles. The van der Waals surface area contributed by atoms with E-state index in [9.17, 15) is 9.59 Å². The van der Waals surface area contributed by atoms with Gasteiger partial charge in [-0.1, -0.05) is 0 Å². The molecule has 14 heavy (non-hydrogen) atoms. The molecule has 5 nitrogen and oxygen atoms in total. The molecule has 0 spiro atoms. The van der Waals surface area contributed by atoms with Crippen LogP contribution in [0, 0.1) is 0 Å². The first-order valence-electron chi connectivity index (χ1n) is 4.73. The highest BCUT2D eigenvalue weighted by atomic mass is 16.5. The molecule has 1 aliphatic carbocycles. The Morgan fingerprint density at radius 2 is 2.21 bits per heavy atom. The van der Waals surface area contributed by atoms with Crippen LogP contribution >= 0.6 is 0 Å². The van der Waals surface area contributed by atoms with Crippen LogP contribution in [0.5, 0.6) is 0 Å². The molecule has 0 heterocycles. The van der Waals surface area contributed by atoms with Crippen LogP contribution in [0.1, 0.15) is 26.2 Å². The smallest absolute Gasteiger partial charge is 0.332 e. The molecule has 80 valence electrons. The number of nitrogens with one attached hydrogen (secondary N) is 1. The van der Waals surface area contributed by atoms with Crippen LogP contribution in [0.15, 0.2) is 0 Å². The fourth-order valence-electron chi connectivity index (χ4n) is 0.927. The molecule has 0 aliphatic heterocycles. The van der Waals surface area contributed by atoms with E-state index in [0.717, 1.165) is 12.8 Å². The van der Waals surface area contributed by atoms with Gasteiger partial charge in [0.05, 0.1) is 6.61 Å². The Bertz CT molecular complexity index is 225. The maximum atomic E-state index is 11.1. The van der Waals surface area contributed by atoms with Crippen LogP contribution in [0.2, 0.25) is 0 Å². The average Bonchev–Trinajstić information content (AvgIpc) is 2.87. The summed E-state index contributed by atoms with van der Waals surface area (Å²) in [6.45, 7) is 1.60. The second kappa shape index (κ2) is 4.95. The number of hydrogen-bond acceptors (Lipinski definition) is 3. The van der Waals surface area contributed by atoms with Crippen molar-refractivity contribution in [2.24, 2.45) is 0 Å². The minimum atomic E-state index is -1.01. The number of ether oxygens (including phenoxy) is 1. The van der Waals surface area contributed by atoms with Crippen molar-refractivity contribution in [1.29, 1.82) is 0 Å². The van der Waals surface area contributed by atoms with Crippen molar-refractivity contribution < 1.29 is 19.4 Å². The van der Waals surface area contributed by atoms with Gasteiger partial charge in [0, 0.05) is 12.5 Å². The van der Waals surface area contributed by atoms with Crippen molar-refractivity contribution in [3.8, 4) is 0 Å². The highest BCUT2D eigenvalue weighted by Gasteiger charge is 2.23. The zero-order valence-electron chi connectivity index (χ0n) is 8.16. The van der Waals surface area contributed by atoms with Crippen molar-refractivity contribution in [2.45, 2.75) is 38.3 Å². The summed E-state index contributed by atoms with van der Waals surface area (Å²) in [7, 11) is 0. The molecule has 0 saturated heterocycles. The second-order valence-corrected chi connectivity index (χ2v) is 3.44. The van der Waals surface area contributed by atoms with Crippen molar-refractivity contribution in [3.63, 3.8) is 0 Å². The van der Waals surface area contributed by atoms with Gasteiger partial charge in [-0.15, -0.1) is 0 Å². The molecule has 1 rings (SSSR count). The average molecular weight is 201 g/mol. The highest BCUT2D eigenvalue weighted by Crippen LogP contribution is 2.18. The molecular formula is C9H15NO4. The quantitative estimate of drug-likeness (QED) is 0.641. The molecule has 1 unspecified atom stereocenters. The fourth-order valence-corrected chi connectivity index (χ4v) is 0.927. The molecule has 5 heteroatoms. The highest BCUT2D eigenvalue weighted by molar-refractivity contribution is 5.76. The van der Waals surface area contributed by atoms with E-state index in [1.54, 1.807) is 0 Å². The Balaban J connectivity index is 2.01. The molecule has 0 aromatic heterocycles. The van der Waals surface area contributed by atoms with E-state index in [4.69, 9.17) is 9.84 Å². The van der Waals surface area contributed by atoms with E-state index in [-0.39, 0.29) is 18.9 Å². The lowest BCUT2D eigenvalue weighted by atomic mass is 10.4. The lowest BCUT2D eigenvalue weighted by Gasteiger charge is -2.07. The van der Waals surface area contributed by atoms with Gasteiger partial charge in [0.2, 0.25) is 5.91 Å². The van der Waals surface area contributed by atoms with Crippen molar-refractivity contribution in [1.82, 2.24) is 5.32 Å². The second-order valence-electron chi connectivity index (χ2n) is 3.44. The predicted molar refractivity (Wildman–Crippen MR) is 48.8 cm³/mol. The van der Waals surface area contributed by atoms with Gasteiger partial charge in [-0.3, -0.25) is 4.79 Å². The van der Waals surface area contributed by atoms with E-state index < -0.39 is 12.1 Å². The molecular weight excluding hydrogens is 186 g/mol. The molecule has 0 radical (unpaired) electrons. The molecule has 0 aromatic rings. The topological polar surface area (TPSA) is 75.6 Å². The lowest BCUT2D eigenvalue weighted by Crippen LogP contribution is -2.28. The van der Waals surface area contributed by atoms with Crippen molar-refractivity contribution in [2.75, 3.05) is 6.61 Å². The predicted octanol–water partition coefficient (Wildman–Crippen LogP) is 0.145. The van der Waals surface area contributed by atoms with Crippen molar-refractivity contribution in [3.05, 3.63) is 0 Å². The number of rotatable bonds is 6. The molecule has 1 atom stereocenters. The fraction of sp³-hybridized carbons (Fsp3) is 0.778. The third kappa shape index (κ3) is 4.23. The number of carbonyl (C=O) groups excluding carboxylic acids is 1. The number of amides is 1. The first kappa shape index (κ1) is 11.0. The normalized spacial score (nSPS) is 17.5. The van der Waals surface area contributed by atoms with Gasteiger partial charge in [-0.05, 0) is 19.8 Å². The summed E-state index contributed by atoms with van der Waals surface area (Å²) < 4.78 is 4.92. The number of hydrogen-bond donors (Lipinski definition) is 2. The largest absolute Gasteiger partial charge is 0.479 e. The molecule has 2 N–H and O–H groups in total. The van der Waals surface area contributed by atoms with E-state index in [1.165, 1.54) is 6.92 Å². The third-order valence-corrected chi connectivity index (χ3v) is 1.99.